The van der Waals surface area contributed by atoms with Crippen molar-refractivity contribution in [2.45, 2.75) is 65.4 Å². The van der Waals surface area contributed by atoms with Gasteiger partial charge in [0.2, 0.25) is 0 Å². The van der Waals surface area contributed by atoms with Crippen LogP contribution in [0.25, 0.3) is 0 Å². The second-order valence-electron chi connectivity index (χ2n) is 5.16. The van der Waals surface area contributed by atoms with Gasteiger partial charge >= 0.3 is 0 Å². The number of unbranched alkanes of at least 4 members (excludes halogenated alkanes) is 4. The summed E-state index contributed by atoms with van der Waals surface area (Å²) in [5, 5.41) is 18.3. The number of hydrogen-bond donors (Lipinski definition) is 2. The third-order valence-electron chi connectivity index (χ3n) is 2.64. The summed E-state index contributed by atoms with van der Waals surface area (Å²) in [5.41, 5.74) is 0.0189. The molecule has 2 heteroatoms. The number of hydrogen-bond acceptors (Lipinski definition) is 2. The van der Waals surface area contributed by atoms with Gasteiger partial charge < -0.3 is 10.2 Å². The van der Waals surface area contributed by atoms with Crippen molar-refractivity contribution in [2.75, 3.05) is 6.61 Å². The first kappa shape index (κ1) is 13.9. The van der Waals surface area contributed by atoms with Crippen molar-refractivity contribution >= 4 is 0 Å². The lowest BCUT2D eigenvalue weighted by atomic mass is 9.86. The number of aliphatic hydroxyl groups is 2. The summed E-state index contributed by atoms with van der Waals surface area (Å²) in [6.07, 6.45) is 6.21. The van der Waals surface area contributed by atoms with Crippen LogP contribution in [0.2, 0.25) is 0 Å². The van der Waals surface area contributed by atoms with Crippen molar-refractivity contribution in [1.29, 1.82) is 0 Å². The molecule has 1 unspecified atom stereocenters. The SMILES string of the molecule is CC(C)(C)C(O)CCCCCCCO. The van der Waals surface area contributed by atoms with Gasteiger partial charge in [-0.3, -0.25) is 0 Å². The molecule has 1 atom stereocenters. The molecule has 0 radical (unpaired) electrons. The van der Waals surface area contributed by atoms with E-state index in [1.54, 1.807) is 0 Å². The largest absolute Gasteiger partial charge is 0.396 e. The molecule has 0 aliphatic carbocycles. The normalized spacial score (nSPS) is 14.4. The molecule has 0 aromatic carbocycles. The van der Waals surface area contributed by atoms with Crippen LogP contribution in [0.1, 0.15) is 59.3 Å². The maximum absolute atomic E-state index is 9.75. The highest BCUT2D eigenvalue weighted by molar-refractivity contribution is 4.72. The minimum absolute atomic E-state index is 0.0189. The molecule has 0 amide bonds. The van der Waals surface area contributed by atoms with E-state index in [4.69, 9.17) is 5.11 Å². The van der Waals surface area contributed by atoms with Gasteiger partial charge in [0.05, 0.1) is 6.10 Å². The predicted octanol–water partition coefficient (Wildman–Crippen LogP) is 2.73. The summed E-state index contributed by atoms with van der Waals surface area (Å²) in [7, 11) is 0. The molecule has 2 N–H and O–H groups in total. The highest BCUT2D eigenvalue weighted by Gasteiger charge is 2.20. The van der Waals surface area contributed by atoms with E-state index >= 15 is 0 Å². The van der Waals surface area contributed by atoms with Gasteiger partial charge in [-0.2, -0.15) is 0 Å². The summed E-state index contributed by atoms with van der Waals surface area (Å²) >= 11 is 0. The molecule has 86 valence electrons. The van der Waals surface area contributed by atoms with Gasteiger partial charge in [0, 0.05) is 6.61 Å². The first-order chi connectivity index (χ1) is 6.48. The van der Waals surface area contributed by atoms with E-state index in [1.165, 1.54) is 12.8 Å². The quantitative estimate of drug-likeness (QED) is 0.623. The van der Waals surface area contributed by atoms with Crippen LogP contribution in [0.4, 0.5) is 0 Å². The van der Waals surface area contributed by atoms with Crippen LogP contribution >= 0.6 is 0 Å². The standard InChI is InChI=1S/C12H26O2/c1-12(2,3)11(14)9-7-5-4-6-8-10-13/h11,13-14H,4-10H2,1-3H3. The van der Waals surface area contributed by atoms with Crippen LogP contribution in [0.3, 0.4) is 0 Å². The molecule has 0 saturated carbocycles. The van der Waals surface area contributed by atoms with Gasteiger partial charge in [-0.1, -0.05) is 46.5 Å². The monoisotopic (exact) mass is 202 g/mol. The molecule has 0 aliphatic rings. The van der Waals surface area contributed by atoms with E-state index in [0.717, 1.165) is 25.7 Å². The van der Waals surface area contributed by atoms with E-state index in [1.807, 2.05) is 0 Å². The van der Waals surface area contributed by atoms with Crippen LogP contribution in [0.5, 0.6) is 0 Å². The van der Waals surface area contributed by atoms with Crippen molar-refractivity contribution in [2.24, 2.45) is 5.41 Å². The molecule has 0 aromatic heterocycles. The van der Waals surface area contributed by atoms with Gasteiger partial charge in [-0.05, 0) is 18.3 Å². The Bertz CT molecular complexity index is 127. The third-order valence-corrected chi connectivity index (χ3v) is 2.64. The van der Waals surface area contributed by atoms with Gasteiger partial charge in [-0.25, -0.2) is 0 Å². The molecule has 0 fully saturated rings. The maximum atomic E-state index is 9.75. The van der Waals surface area contributed by atoms with E-state index in [-0.39, 0.29) is 11.5 Å². The lowest BCUT2D eigenvalue weighted by Crippen LogP contribution is -2.25. The predicted molar refractivity (Wildman–Crippen MR) is 60.2 cm³/mol. The summed E-state index contributed by atoms with van der Waals surface area (Å²) in [6.45, 7) is 6.53. The fraction of sp³-hybridized carbons (Fsp3) is 1.00. The van der Waals surface area contributed by atoms with Gasteiger partial charge in [0.25, 0.3) is 0 Å². The second kappa shape index (κ2) is 7.24. The summed E-state index contributed by atoms with van der Waals surface area (Å²) in [4.78, 5) is 0. The summed E-state index contributed by atoms with van der Waals surface area (Å²) < 4.78 is 0. The Morgan fingerprint density at radius 2 is 1.43 bits per heavy atom. The molecule has 0 spiro atoms. The van der Waals surface area contributed by atoms with Crippen molar-refractivity contribution < 1.29 is 10.2 Å². The fourth-order valence-electron chi connectivity index (χ4n) is 1.41. The van der Waals surface area contributed by atoms with Crippen LogP contribution in [-0.4, -0.2) is 22.9 Å². The molecule has 0 rings (SSSR count). The smallest absolute Gasteiger partial charge is 0.0588 e. The van der Waals surface area contributed by atoms with E-state index in [0.29, 0.717) is 6.61 Å². The molecule has 0 bridgehead atoms. The zero-order valence-electron chi connectivity index (χ0n) is 9.92. The number of aliphatic hydroxyl groups excluding tert-OH is 2. The van der Waals surface area contributed by atoms with E-state index in [9.17, 15) is 5.11 Å². The van der Waals surface area contributed by atoms with E-state index < -0.39 is 0 Å². The Labute approximate surface area is 88.3 Å². The summed E-state index contributed by atoms with van der Waals surface area (Å²) in [5.74, 6) is 0. The Balaban J connectivity index is 3.28. The van der Waals surface area contributed by atoms with Crippen molar-refractivity contribution in [3.05, 3.63) is 0 Å². The lowest BCUT2D eigenvalue weighted by molar-refractivity contribution is 0.0533. The maximum Gasteiger partial charge on any atom is 0.0588 e. The van der Waals surface area contributed by atoms with Crippen molar-refractivity contribution in [1.82, 2.24) is 0 Å². The highest BCUT2D eigenvalue weighted by Crippen LogP contribution is 2.23. The Morgan fingerprint density at radius 1 is 0.929 bits per heavy atom. The van der Waals surface area contributed by atoms with Crippen LogP contribution in [0, 0.1) is 5.41 Å². The highest BCUT2D eigenvalue weighted by atomic mass is 16.3. The fourth-order valence-corrected chi connectivity index (χ4v) is 1.41. The Kier molecular flexibility index (Phi) is 7.20. The van der Waals surface area contributed by atoms with Gasteiger partial charge in [-0.15, -0.1) is 0 Å². The zero-order valence-corrected chi connectivity index (χ0v) is 9.92. The molecule has 0 saturated heterocycles. The first-order valence-electron chi connectivity index (χ1n) is 5.77. The molecule has 0 heterocycles. The first-order valence-corrected chi connectivity index (χ1v) is 5.77. The van der Waals surface area contributed by atoms with Crippen LogP contribution < -0.4 is 0 Å². The minimum atomic E-state index is -0.180. The van der Waals surface area contributed by atoms with Crippen molar-refractivity contribution in [3.63, 3.8) is 0 Å². The second-order valence-corrected chi connectivity index (χ2v) is 5.16. The minimum Gasteiger partial charge on any atom is -0.396 e. The average Bonchev–Trinajstić information content (AvgIpc) is 2.09. The molecule has 14 heavy (non-hydrogen) atoms. The Morgan fingerprint density at radius 3 is 1.93 bits per heavy atom. The molecule has 0 aliphatic heterocycles. The van der Waals surface area contributed by atoms with Crippen LogP contribution in [-0.2, 0) is 0 Å². The van der Waals surface area contributed by atoms with Crippen molar-refractivity contribution in [3.8, 4) is 0 Å². The molecular formula is C12H26O2. The van der Waals surface area contributed by atoms with Gasteiger partial charge in [0.15, 0.2) is 0 Å². The molecule has 0 aromatic rings. The Hall–Kier alpha value is -0.0800. The topological polar surface area (TPSA) is 40.5 Å². The lowest BCUT2D eigenvalue weighted by Gasteiger charge is -2.25. The molecule has 2 nitrogen and oxygen atoms in total. The van der Waals surface area contributed by atoms with E-state index in [2.05, 4.69) is 20.8 Å². The third kappa shape index (κ3) is 7.34. The zero-order chi connectivity index (χ0) is 11.0. The molecular weight excluding hydrogens is 176 g/mol. The van der Waals surface area contributed by atoms with Crippen LogP contribution in [0.15, 0.2) is 0 Å². The summed E-state index contributed by atoms with van der Waals surface area (Å²) in [6, 6.07) is 0. The van der Waals surface area contributed by atoms with Gasteiger partial charge in [0.1, 0.15) is 0 Å². The average molecular weight is 202 g/mol. The number of rotatable bonds is 7.